The van der Waals surface area contributed by atoms with Gasteiger partial charge in [0.1, 0.15) is 5.84 Å². The molecule has 1 aliphatic rings. The zero-order valence-corrected chi connectivity index (χ0v) is 13.1. The minimum Gasteiger partial charge on any atom is -0.291 e. The zero-order chi connectivity index (χ0) is 17.3. The number of hydrogen-bond acceptors (Lipinski definition) is 2. The largest absolute Gasteiger partial charge is 0.416 e. The predicted octanol–water partition coefficient (Wildman–Crippen LogP) is 4.26. The summed E-state index contributed by atoms with van der Waals surface area (Å²) in [6, 6.07) is 11.1. The van der Waals surface area contributed by atoms with E-state index in [1.165, 1.54) is 17.0 Å². The van der Waals surface area contributed by atoms with Gasteiger partial charge in [-0.3, -0.25) is 14.7 Å². The molecule has 0 bridgehead atoms. The van der Waals surface area contributed by atoms with Gasteiger partial charge in [-0.05, 0) is 36.4 Å². The predicted molar refractivity (Wildman–Crippen MR) is 85.3 cm³/mol. The van der Waals surface area contributed by atoms with Crippen LogP contribution in [0, 0.1) is 0 Å². The maximum Gasteiger partial charge on any atom is 0.416 e. The Morgan fingerprint density at radius 1 is 1.12 bits per heavy atom. The fourth-order valence-corrected chi connectivity index (χ4v) is 2.67. The summed E-state index contributed by atoms with van der Waals surface area (Å²) in [6.07, 6.45) is -4.43. The summed E-state index contributed by atoms with van der Waals surface area (Å²) in [5, 5.41) is 0.518. The molecule has 2 aromatic carbocycles. The van der Waals surface area contributed by atoms with Gasteiger partial charge in [0.05, 0.1) is 12.1 Å². The van der Waals surface area contributed by atoms with Gasteiger partial charge in [0.15, 0.2) is 0 Å². The van der Waals surface area contributed by atoms with Gasteiger partial charge in [0, 0.05) is 22.7 Å². The number of alkyl halides is 3. The normalized spacial score (nSPS) is 14.7. The molecule has 124 valence electrons. The lowest BCUT2D eigenvalue weighted by atomic mass is 10.1. The maximum atomic E-state index is 12.6. The zero-order valence-electron chi connectivity index (χ0n) is 12.3. The van der Waals surface area contributed by atoms with Crippen molar-refractivity contribution in [1.29, 1.82) is 0 Å². The van der Waals surface area contributed by atoms with Gasteiger partial charge in [-0.15, -0.1) is 0 Å². The third-order valence-corrected chi connectivity index (χ3v) is 3.86. The highest BCUT2D eigenvalue weighted by molar-refractivity contribution is 6.31. The van der Waals surface area contributed by atoms with Crippen LogP contribution in [0.15, 0.2) is 53.5 Å². The first kappa shape index (κ1) is 16.5. The molecule has 1 aliphatic heterocycles. The van der Waals surface area contributed by atoms with E-state index in [0.29, 0.717) is 29.5 Å². The van der Waals surface area contributed by atoms with Crippen molar-refractivity contribution in [3.05, 3.63) is 70.2 Å². The first-order valence-corrected chi connectivity index (χ1v) is 7.53. The molecular formula is C17H12ClF3N2O. The Balaban J connectivity index is 1.86. The fraction of sp³-hybridized carbons (Fsp3) is 0.176. The Morgan fingerprint density at radius 3 is 2.46 bits per heavy atom. The van der Waals surface area contributed by atoms with Crippen LogP contribution in [-0.2, 0) is 6.18 Å². The molecule has 0 radical (unpaired) electrons. The number of benzene rings is 2. The molecular weight excluding hydrogens is 341 g/mol. The average Bonchev–Trinajstić information content (AvgIpc) is 3.03. The van der Waals surface area contributed by atoms with Gasteiger partial charge in [-0.2, -0.15) is 13.2 Å². The van der Waals surface area contributed by atoms with Crippen molar-refractivity contribution in [3.8, 4) is 0 Å². The highest BCUT2D eigenvalue weighted by Crippen LogP contribution is 2.29. The number of hydrogen-bond donors (Lipinski definition) is 0. The van der Waals surface area contributed by atoms with Crippen molar-refractivity contribution in [2.45, 2.75) is 6.18 Å². The number of amides is 1. The molecule has 0 aliphatic carbocycles. The van der Waals surface area contributed by atoms with Crippen molar-refractivity contribution in [3.63, 3.8) is 0 Å². The first-order valence-electron chi connectivity index (χ1n) is 7.16. The Labute approximate surface area is 141 Å². The highest BCUT2D eigenvalue weighted by Gasteiger charge is 2.31. The molecule has 3 nitrogen and oxygen atoms in total. The number of nitrogens with zero attached hydrogens (tertiary/aromatic N) is 2. The van der Waals surface area contributed by atoms with Crippen LogP contribution in [0.25, 0.3) is 0 Å². The highest BCUT2D eigenvalue weighted by atomic mass is 35.5. The molecule has 0 aromatic heterocycles. The Kier molecular flexibility index (Phi) is 4.32. The van der Waals surface area contributed by atoms with E-state index in [-0.39, 0.29) is 11.5 Å². The van der Waals surface area contributed by atoms with Crippen LogP contribution in [0.2, 0.25) is 5.02 Å². The summed E-state index contributed by atoms with van der Waals surface area (Å²) >= 11 is 5.96. The van der Waals surface area contributed by atoms with Crippen LogP contribution in [0.4, 0.5) is 13.2 Å². The monoisotopic (exact) mass is 352 g/mol. The molecule has 0 fully saturated rings. The molecule has 0 atom stereocenters. The quantitative estimate of drug-likeness (QED) is 0.794. The molecule has 1 amide bonds. The number of rotatable bonds is 2. The molecule has 1 heterocycles. The Bertz CT molecular complexity index is 800. The second kappa shape index (κ2) is 6.28. The SMILES string of the molecule is O=C(c1ccc(C(F)(F)F)cc1)N1CCN=C1c1cccc(Cl)c1. The Morgan fingerprint density at radius 2 is 1.83 bits per heavy atom. The Hall–Kier alpha value is -2.34. The van der Waals surface area contributed by atoms with Gasteiger partial charge >= 0.3 is 6.18 Å². The molecule has 0 spiro atoms. The minimum absolute atomic E-state index is 0.180. The lowest BCUT2D eigenvalue weighted by molar-refractivity contribution is -0.137. The van der Waals surface area contributed by atoms with E-state index in [1.54, 1.807) is 24.3 Å². The standard InChI is InChI=1S/C17H12ClF3N2O/c18-14-3-1-2-12(10-14)15-22-8-9-23(15)16(24)11-4-6-13(7-5-11)17(19,20)21/h1-7,10H,8-9H2. The lowest BCUT2D eigenvalue weighted by Gasteiger charge is -2.19. The van der Waals surface area contributed by atoms with Crippen LogP contribution >= 0.6 is 11.6 Å². The number of aliphatic imine (C=N–C) groups is 1. The number of amidine groups is 1. The van der Waals surface area contributed by atoms with Crippen molar-refractivity contribution >= 4 is 23.3 Å². The summed E-state index contributed by atoms with van der Waals surface area (Å²) in [5.41, 5.74) is 0.0871. The van der Waals surface area contributed by atoms with Crippen LogP contribution < -0.4 is 0 Å². The lowest BCUT2D eigenvalue weighted by Crippen LogP contribution is -2.34. The summed E-state index contributed by atoms with van der Waals surface area (Å²) in [4.78, 5) is 18.4. The first-order chi connectivity index (χ1) is 11.4. The van der Waals surface area contributed by atoms with E-state index >= 15 is 0 Å². The number of carbonyl (C=O) groups excluding carboxylic acids is 1. The summed E-state index contributed by atoms with van der Waals surface area (Å²) in [5.74, 6) is 0.0855. The van der Waals surface area contributed by atoms with Crippen LogP contribution in [0.1, 0.15) is 21.5 Å². The van der Waals surface area contributed by atoms with Gasteiger partial charge in [0.25, 0.3) is 5.91 Å². The van der Waals surface area contributed by atoms with Gasteiger partial charge in [-0.25, -0.2) is 0 Å². The molecule has 7 heteroatoms. The molecule has 3 rings (SSSR count). The van der Waals surface area contributed by atoms with Crippen LogP contribution in [0.3, 0.4) is 0 Å². The van der Waals surface area contributed by atoms with Crippen LogP contribution in [0.5, 0.6) is 0 Å². The van der Waals surface area contributed by atoms with E-state index in [0.717, 1.165) is 12.1 Å². The third kappa shape index (κ3) is 3.28. The third-order valence-electron chi connectivity index (χ3n) is 3.63. The molecule has 0 saturated heterocycles. The minimum atomic E-state index is -4.43. The average molecular weight is 353 g/mol. The summed E-state index contributed by atoms with van der Waals surface area (Å²) in [7, 11) is 0. The number of halogens is 4. The summed E-state index contributed by atoms with van der Waals surface area (Å²) in [6.45, 7) is 0.815. The van der Waals surface area contributed by atoms with Crippen molar-refractivity contribution in [2.75, 3.05) is 13.1 Å². The van der Waals surface area contributed by atoms with Gasteiger partial charge < -0.3 is 0 Å². The molecule has 2 aromatic rings. The maximum absolute atomic E-state index is 12.6. The van der Waals surface area contributed by atoms with Gasteiger partial charge in [0.2, 0.25) is 0 Å². The van der Waals surface area contributed by atoms with E-state index < -0.39 is 11.7 Å². The van der Waals surface area contributed by atoms with E-state index in [2.05, 4.69) is 4.99 Å². The van der Waals surface area contributed by atoms with Crippen molar-refractivity contribution < 1.29 is 18.0 Å². The fourth-order valence-electron chi connectivity index (χ4n) is 2.48. The van der Waals surface area contributed by atoms with E-state index in [1.807, 2.05) is 0 Å². The molecule has 0 N–H and O–H groups in total. The second-order valence-corrected chi connectivity index (χ2v) is 5.68. The van der Waals surface area contributed by atoms with Crippen LogP contribution in [-0.4, -0.2) is 29.7 Å². The van der Waals surface area contributed by atoms with Crippen molar-refractivity contribution in [1.82, 2.24) is 4.90 Å². The molecule has 0 saturated carbocycles. The van der Waals surface area contributed by atoms with Gasteiger partial charge in [-0.1, -0.05) is 23.7 Å². The van der Waals surface area contributed by atoms with E-state index in [9.17, 15) is 18.0 Å². The van der Waals surface area contributed by atoms with E-state index in [4.69, 9.17) is 11.6 Å². The number of carbonyl (C=O) groups is 1. The molecule has 0 unspecified atom stereocenters. The molecule has 24 heavy (non-hydrogen) atoms. The topological polar surface area (TPSA) is 32.7 Å². The smallest absolute Gasteiger partial charge is 0.291 e. The van der Waals surface area contributed by atoms with Crippen molar-refractivity contribution in [2.24, 2.45) is 4.99 Å². The second-order valence-electron chi connectivity index (χ2n) is 5.25. The summed E-state index contributed by atoms with van der Waals surface area (Å²) < 4.78 is 37.8.